The minimum atomic E-state index is -0.515. The van der Waals surface area contributed by atoms with Crippen molar-refractivity contribution >= 4 is 27.7 Å². The van der Waals surface area contributed by atoms with Crippen LogP contribution in [0.4, 0.5) is 0 Å². The van der Waals surface area contributed by atoms with E-state index in [4.69, 9.17) is 0 Å². The van der Waals surface area contributed by atoms with Crippen molar-refractivity contribution in [2.24, 2.45) is 0 Å². The highest BCUT2D eigenvalue weighted by Crippen LogP contribution is 2.33. The van der Waals surface area contributed by atoms with E-state index >= 15 is 0 Å². The number of nitrogens with zero attached hydrogens (tertiary/aromatic N) is 2. The summed E-state index contributed by atoms with van der Waals surface area (Å²) in [5.41, 5.74) is 0.872. The van der Waals surface area contributed by atoms with Gasteiger partial charge in [-0.2, -0.15) is 0 Å². The first-order chi connectivity index (χ1) is 8.16. The molecule has 1 heterocycles. The van der Waals surface area contributed by atoms with Crippen LogP contribution in [0.15, 0.2) is 51.2 Å². The number of aromatic nitrogens is 2. The summed E-state index contributed by atoms with van der Waals surface area (Å²) in [5, 5.41) is 10.4. The van der Waals surface area contributed by atoms with Gasteiger partial charge in [-0.25, -0.2) is 9.97 Å². The van der Waals surface area contributed by atoms with Crippen LogP contribution in [0, 0.1) is 0 Å². The Bertz CT molecular complexity index is 505. The number of hydrogen-bond acceptors (Lipinski definition) is 4. The van der Waals surface area contributed by atoms with E-state index in [1.54, 1.807) is 25.4 Å². The van der Waals surface area contributed by atoms with Gasteiger partial charge < -0.3 is 5.11 Å². The molecule has 0 aliphatic carbocycles. The van der Waals surface area contributed by atoms with Gasteiger partial charge in [-0.05, 0) is 48.5 Å². The van der Waals surface area contributed by atoms with Crippen LogP contribution >= 0.6 is 27.7 Å². The largest absolute Gasteiger partial charge is 0.389 e. The van der Waals surface area contributed by atoms with Gasteiger partial charge in [0.15, 0.2) is 5.16 Å². The van der Waals surface area contributed by atoms with Crippen LogP contribution in [-0.2, 0) is 0 Å². The molecule has 0 aliphatic heterocycles. The van der Waals surface area contributed by atoms with E-state index in [1.165, 1.54) is 11.8 Å². The fraction of sp³-hybridized carbons (Fsp3) is 0.167. The van der Waals surface area contributed by atoms with Gasteiger partial charge >= 0.3 is 0 Å². The number of halogens is 1. The highest BCUT2D eigenvalue weighted by atomic mass is 79.9. The van der Waals surface area contributed by atoms with Crippen LogP contribution in [0.5, 0.6) is 0 Å². The standard InChI is InChI=1S/C12H11BrN2OS/c1-8(16)10-7-9(13)3-4-11(10)17-12-14-5-2-6-15-12/h2-8,16H,1H3. The van der Waals surface area contributed by atoms with Crippen molar-refractivity contribution in [3.05, 3.63) is 46.7 Å². The predicted molar refractivity (Wildman–Crippen MR) is 70.9 cm³/mol. The highest BCUT2D eigenvalue weighted by Gasteiger charge is 2.10. The second-order valence-electron chi connectivity index (χ2n) is 3.49. The van der Waals surface area contributed by atoms with Gasteiger partial charge in [0.25, 0.3) is 0 Å². The average Bonchev–Trinajstić information content (AvgIpc) is 2.32. The number of aliphatic hydroxyl groups excluding tert-OH is 1. The monoisotopic (exact) mass is 310 g/mol. The van der Waals surface area contributed by atoms with Crippen molar-refractivity contribution in [3.63, 3.8) is 0 Å². The summed E-state index contributed by atoms with van der Waals surface area (Å²) < 4.78 is 0.951. The molecule has 0 radical (unpaired) electrons. The molecule has 1 unspecified atom stereocenters. The Morgan fingerprint density at radius 3 is 2.65 bits per heavy atom. The van der Waals surface area contributed by atoms with Crippen LogP contribution in [0.1, 0.15) is 18.6 Å². The fourth-order valence-electron chi connectivity index (χ4n) is 1.38. The van der Waals surface area contributed by atoms with Crippen molar-refractivity contribution in [1.29, 1.82) is 0 Å². The van der Waals surface area contributed by atoms with Crippen LogP contribution in [0.25, 0.3) is 0 Å². The molecule has 0 amide bonds. The minimum Gasteiger partial charge on any atom is -0.389 e. The maximum Gasteiger partial charge on any atom is 0.192 e. The molecule has 0 fully saturated rings. The van der Waals surface area contributed by atoms with Crippen molar-refractivity contribution in [2.45, 2.75) is 23.1 Å². The lowest BCUT2D eigenvalue weighted by molar-refractivity contribution is 0.196. The van der Waals surface area contributed by atoms with E-state index in [2.05, 4.69) is 25.9 Å². The third-order valence-corrected chi connectivity index (χ3v) is 3.64. The Morgan fingerprint density at radius 1 is 1.29 bits per heavy atom. The second-order valence-corrected chi connectivity index (χ2v) is 5.42. The molecule has 1 N–H and O–H groups in total. The minimum absolute atomic E-state index is 0.515. The normalized spacial score (nSPS) is 12.4. The molecule has 1 atom stereocenters. The summed E-state index contributed by atoms with van der Waals surface area (Å²) in [5.74, 6) is 0. The molecule has 1 aromatic carbocycles. The first-order valence-electron chi connectivity index (χ1n) is 5.09. The van der Waals surface area contributed by atoms with E-state index in [0.29, 0.717) is 5.16 Å². The van der Waals surface area contributed by atoms with E-state index in [1.807, 2.05) is 18.2 Å². The summed E-state index contributed by atoms with van der Waals surface area (Å²) in [6.45, 7) is 1.75. The Hall–Kier alpha value is -0.910. The molecule has 0 saturated heterocycles. The van der Waals surface area contributed by atoms with Gasteiger partial charge in [0, 0.05) is 21.8 Å². The van der Waals surface area contributed by atoms with Crippen molar-refractivity contribution in [3.8, 4) is 0 Å². The third-order valence-electron chi connectivity index (χ3n) is 2.17. The molecule has 1 aromatic heterocycles. The van der Waals surface area contributed by atoms with Gasteiger partial charge in [-0.15, -0.1) is 0 Å². The molecule has 2 aromatic rings. The first kappa shape index (κ1) is 12.5. The maximum absolute atomic E-state index is 9.73. The fourth-order valence-corrected chi connectivity index (χ4v) is 2.66. The number of aliphatic hydroxyl groups is 1. The van der Waals surface area contributed by atoms with E-state index < -0.39 is 6.10 Å². The molecule has 3 nitrogen and oxygen atoms in total. The molecular weight excluding hydrogens is 300 g/mol. The SMILES string of the molecule is CC(O)c1cc(Br)ccc1Sc1ncccn1. The third kappa shape index (κ3) is 3.28. The maximum atomic E-state index is 9.73. The number of rotatable bonds is 3. The zero-order valence-corrected chi connectivity index (χ0v) is 11.6. The molecular formula is C12H11BrN2OS. The van der Waals surface area contributed by atoms with Gasteiger partial charge in [0.05, 0.1) is 6.10 Å². The van der Waals surface area contributed by atoms with E-state index in [9.17, 15) is 5.11 Å². The molecule has 0 bridgehead atoms. The van der Waals surface area contributed by atoms with Crippen LogP contribution in [0.3, 0.4) is 0 Å². The molecule has 2 rings (SSSR count). The molecule has 0 aliphatic rings. The Labute approximate surface area is 112 Å². The average molecular weight is 311 g/mol. The topological polar surface area (TPSA) is 46.0 Å². The zero-order chi connectivity index (χ0) is 12.3. The summed E-state index contributed by atoms with van der Waals surface area (Å²) in [7, 11) is 0. The lowest BCUT2D eigenvalue weighted by Crippen LogP contribution is -1.95. The van der Waals surface area contributed by atoms with E-state index in [-0.39, 0.29) is 0 Å². The van der Waals surface area contributed by atoms with Gasteiger partial charge in [0.2, 0.25) is 0 Å². The van der Waals surface area contributed by atoms with Gasteiger partial charge in [-0.1, -0.05) is 15.9 Å². The molecule has 5 heteroatoms. The summed E-state index contributed by atoms with van der Waals surface area (Å²) in [6, 6.07) is 7.58. The molecule has 17 heavy (non-hydrogen) atoms. The number of benzene rings is 1. The first-order valence-corrected chi connectivity index (χ1v) is 6.70. The smallest absolute Gasteiger partial charge is 0.192 e. The van der Waals surface area contributed by atoms with Crippen molar-refractivity contribution in [1.82, 2.24) is 9.97 Å². The molecule has 0 saturated carbocycles. The van der Waals surface area contributed by atoms with Crippen LogP contribution in [0.2, 0.25) is 0 Å². The Morgan fingerprint density at radius 2 is 2.00 bits per heavy atom. The van der Waals surface area contributed by atoms with Gasteiger partial charge in [-0.3, -0.25) is 0 Å². The molecule has 0 spiro atoms. The van der Waals surface area contributed by atoms with Crippen LogP contribution in [-0.4, -0.2) is 15.1 Å². The summed E-state index contributed by atoms with van der Waals surface area (Å²) in [6.07, 6.45) is 2.89. The van der Waals surface area contributed by atoms with E-state index in [0.717, 1.165) is 14.9 Å². The zero-order valence-electron chi connectivity index (χ0n) is 9.17. The molecule has 88 valence electrons. The van der Waals surface area contributed by atoms with Gasteiger partial charge in [0.1, 0.15) is 0 Å². The highest BCUT2D eigenvalue weighted by molar-refractivity contribution is 9.10. The van der Waals surface area contributed by atoms with Crippen molar-refractivity contribution < 1.29 is 5.11 Å². The van der Waals surface area contributed by atoms with Crippen molar-refractivity contribution in [2.75, 3.05) is 0 Å². The van der Waals surface area contributed by atoms with Crippen LogP contribution < -0.4 is 0 Å². The predicted octanol–water partition coefficient (Wildman–Crippen LogP) is 3.44. The second kappa shape index (κ2) is 5.62. The number of hydrogen-bond donors (Lipinski definition) is 1. The summed E-state index contributed by atoms with van der Waals surface area (Å²) >= 11 is 4.85. The Balaban J connectivity index is 2.33. The lowest BCUT2D eigenvalue weighted by atomic mass is 10.1. The summed E-state index contributed by atoms with van der Waals surface area (Å²) in [4.78, 5) is 9.28. The Kier molecular flexibility index (Phi) is 4.15. The quantitative estimate of drug-likeness (QED) is 0.882. The lowest BCUT2D eigenvalue weighted by Gasteiger charge is -2.11.